The smallest absolute Gasteiger partial charge is 0.240 e. The molecule has 0 atom stereocenters. The minimum atomic E-state index is 0.289. The van der Waals surface area contributed by atoms with Gasteiger partial charge in [-0.2, -0.15) is 9.50 Å². The molecule has 1 fully saturated rings. The van der Waals surface area contributed by atoms with E-state index < -0.39 is 0 Å². The minimum absolute atomic E-state index is 0.289. The van der Waals surface area contributed by atoms with Crippen molar-refractivity contribution in [3.05, 3.63) is 16.6 Å². The zero-order valence-corrected chi connectivity index (χ0v) is 10.7. The molecule has 3 rings (SSSR count). The number of fused-ring (bicyclic) bond motifs is 1. The summed E-state index contributed by atoms with van der Waals surface area (Å²) in [6.07, 6.45) is 0. The number of nitrogen functional groups attached to an aromatic ring is 1. The Labute approximate surface area is 106 Å². The average molecular weight is 298 g/mol. The van der Waals surface area contributed by atoms with Crippen molar-refractivity contribution in [3.63, 3.8) is 0 Å². The first-order chi connectivity index (χ1) is 8.25. The minimum Gasteiger partial charge on any atom is -0.378 e. The summed E-state index contributed by atoms with van der Waals surface area (Å²) in [5, 5.41) is 4.22. The first-order valence-electron chi connectivity index (χ1n) is 5.39. The monoisotopic (exact) mass is 297 g/mol. The molecule has 3 heterocycles. The van der Waals surface area contributed by atoms with Gasteiger partial charge in [-0.1, -0.05) is 0 Å². The highest BCUT2D eigenvalue weighted by molar-refractivity contribution is 9.10. The topological polar surface area (TPSA) is 68.7 Å². The Balaban J connectivity index is 2.14. The summed E-state index contributed by atoms with van der Waals surface area (Å²) in [5.41, 5.74) is 6.39. The second-order valence-corrected chi connectivity index (χ2v) is 4.70. The Hall–Kier alpha value is -1.34. The van der Waals surface area contributed by atoms with Gasteiger partial charge in [0.2, 0.25) is 5.95 Å². The molecule has 0 radical (unpaired) electrons. The van der Waals surface area contributed by atoms with Crippen molar-refractivity contribution in [2.75, 3.05) is 36.9 Å². The van der Waals surface area contributed by atoms with Crippen molar-refractivity contribution in [2.24, 2.45) is 0 Å². The van der Waals surface area contributed by atoms with E-state index in [1.165, 1.54) is 0 Å². The van der Waals surface area contributed by atoms with Gasteiger partial charge < -0.3 is 15.4 Å². The van der Waals surface area contributed by atoms with Gasteiger partial charge in [-0.25, -0.2) is 0 Å². The van der Waals surface area contributed by atoms with Crippen LogP contribution in [0.15, 0.2) is 16.6 Å². The van der Waals surface area contributed by atoms with Gasteiger partial charge in [-0.3, -0.25) is 0 Å². The van der Waals surface area contributed by atoms with Crippen molar-refractivity contribution in [3.8, 4) is 0 Å². The molecule has 0 unspecified atom stereocenters. The molecule has 1 aliphatic rings. The molecule has 1 saturated heterocycles. The number of hydrogen-bond acceptors (Lipinski definition) is 5. The number of aromatic nitrogens is 3. The first-order valence-corrected chi connectivity index (χ1v) is 6.18. The first kappa shape index (κ1) is 10.8. The van der Waals surface area contributed by atoms with E-state index in [1.54, 1.807) is 4.52 Å². The van der Waals surface area contributed by atoms with E-state index in [4.69, 9.17) is 10.5 Å². The van der Waals surface area contributed by atoms with Crippen molar-refractivity contribution in [1.82, 2.24) is 14.6 Å². The lowest BCUT2D eigenvalue weighted by Crippen LogP contribution is -2.37. The SMILES string of the molecule is Nc1nc2ccc(Br)c(N3CCOCC3)n2n1. The predicted molar refractivity (Wildman–Crippen MR) is 68.1 cm³/mol. The normalized spacial score (nSPS) is 16.6. The maximum Gasteiger partial charge on any atom is 0.240 e. The molecule has 0 aromatic carbocycles. The molecule has 90 valence electrons. The summed E-state index contributed by atoms with van der Waals surface area (Å²) < 4.78 is 8.10. The van der Waals surface area contributed by atoms with E-state index in [-0.39, 0.29) is 5.95 Å². The number of ether oxygens (including phenoxy) is 1. The standard InChI is InChI=1S/C10H12BrN5O/c11-7-1-2-8-13-10(12)14-16(8)9(7)15-3-5-17-6-4-15/h1-2H,3-6H2,(H2,12,14). The summed E-state index contributed by atoms with van der Waals surface area (Å²) >= 11 is 3.55. The van der Waals surface area contributed by atoms with Crippen molar-refractivity contribution in [2.45, 2.75) is 0 Å². The highest BCUT2D eigenvalue weighted by Crippen LogP contribution is 2.27. The van der Waals surface area contributed by atoms with Crippen LogP contribution in [0.5, 0.6) is 0 Å². The quantitative estimate of drug-likeness (QED) is 0.847. The molecule has 2 N–H and O–H groups in total. The molecule has 2 aromatic rings. The maximum absolute atomic E-state index is 5.64. The van der Waals surface area contributed by atoms with Crippen LogP contribution in [-0.2, 0) is 4.74 Å². The van der Waals surface area contributed by atoms with Gasteiger partial charge in [0.05, 0.1) is 17.7 Å². The van der Waals surface area contributed by atoms with Crippen LogP contribution in [-0.4, -0.2) is 40.9 Å². The van der Waals surface area contributed by atoms with Crippen LogP contribution >= 0.6 is 15.9 Å². The second-order valence-electron chi connectivity index (χ2n) is 3.84. The zero-order chi connectivity index (χ0) is 11.8. The van der Waals surface area contributed by atoms with Crippen LogP contribution in [0.1, 0.15) is 0 Å². The molecule has 2 aromatic heterocycles. The number of nitrogens with zero attached hydrogens (tertiary/aromatic N) is 4. The van der Waals surface area contributed by atoms with Gasteiger partial charge in [0.25, 0.3) is 0 Å². The van der Waals surface area contributed by atoms with Crippen LogP contribution in [0.3, 0.4) is 0 Å². The molecule has 7 heteroatoms. The molecule has 17 heavy (non-hydrogen) atoms. The molecule has 0 saturated carbocycles. The van der Waals surface area contributed by atoms with Crippen LogP contribution in [0.4, 0.5) is 11.8 Å². The Bertz CT molecular complexity index is 549. The Morgan fingerprint density at radius 2 is 2.06 bits per heavy atom. The molecular formula is C10H12BrN5O. The highest BCUT2D eigenvalue weighted by Gasteiger charge is 2.18. The van der Waals surface area contributed by atoms with E-state index in [2.05, 4.69) is 30.9 Å². The zero-order valence-electron chi connectivity index (χ0n) is 9.14. The van der Waals surface area contributed by atoms with Gasteiger partial charge in [-0.15, -0.1) is 5.10 Å². The van der Waals surface area contributed by atoms with Crippen LogP contribution < -0.4 is 10.6 Å². The number of rotatable bonds is 1. The predicted octanol–water partition coefficient (Wildman–Crippen LogP) is 0.911. The molecule has 0 bridgehead atoms. The summed E-state index contributed by atoms with van der Waals surface area (Å²) in [7, 11) is 0. The molecule has 0 amide bonds. The van der Waals surface area contributed by atoms with Gasteiger partial charge >= 0.3 is 0 Å². The number of morpholine rings is 1. The second kappa shape index (κ2) is 4.15. The number of halogens is 1. The van der Waals surface area contributed by atoms with E-state index in [0.29, 0.717) is 0 Å². The summed E-state index contributed by atoms with van der Waals surface area (Å²) in [4.78, 5) is 6.38. The van der Waals surface area contributed by atoms with Crippen molar-refractivity contribution < 1.29 is 4.74 Å². The summed E-state index contributed by atoms with van der Waals surface area (Å²) in [5.74, 6) is 1.27. The van der Waals surface area contributed by atoms with Gasteiger partial charge in [0.1, 0.15) is 5.82 Å². The van der Waals surface area contributed by atoms with E-state index in [0.717, 1.165) is 42.2 Å². The lowest BCUT2D eigenvalue weighted by atomic mass is 10.3. The molecule has 1 aliphatic heterocycles. The highest BCUT2D eigenvalue weighted by atomic mass is 79.9. The number of pyridine rings is 1. The molecule has 0 aliphatic carbocycles. The van der Waals surface area contributed by atoms with Crippen molar-refractivity contribution >= 4 is 33.3 Å². The largest absolute Gasteiger partial charge is 0.378 e. The lowest BCUT2D eigenvalue weighted by Gasteiger charge is -2.29. The molecular weight excluding hydrogens is 286 g/mol. The van der Waals surface area contributed by atoms with Gasteiger partial charge in [0, 0.05) is 13.1 Å². The third kappa shape index (κ3) is 1.85. The average Bonchev–Trinajstić information content (AvgIpc) is 2.70. The summed E-state index contributed by atoms with van der Waals surface area (Å²) in [6.45, 7) is 3.15. The molecule has 6 nitrogen and oxygen atoms in total. The third-order valence-corrected chi connectivity index (χ3v) is 3.37. The summed E-state index contributed by atoms with van der Waals surface area (Å²) in [6, 6.07) is 3.85. The van der Waals surface area contributed by atoms with Gasteiger partial charge in [0.15, 0.2) is 5.65 Å². The molecule has 0 spiro atoms. The number of anilines is 2. The third-order valence-electron chi connectivity index (χ3n) is 2.75. The Morgan fingerprint density at radius 3 is 2.82 bits per heavy atom. The van der Waals surface area contributed by atoms with E-state index >= 15 is 0 Å². The van der Waals surface area contributed by atoms with Gasteiger partial charge in [-0.05, 0) is 28.1 Å². The fourth-order valence-corrected chi connectivity index (χ4v) is 2.54. The Kier molecular flexibility index (Phi) is 2.64. The fraction of sp³-hybridized carbons (Fsp3) is 0.400. The van der Waals surface area contributed by atoms with E-state index in [1.807, 2.05) is 12.1 Å². The fourth-order valence-electron chi connectivity index (χ4n) is 1.99. The van der Waals surface area contributed by atoms with Crippen LogP contribution in [0.2, 0.25) is 0 Å². The van der Waals surface area contributed by atoms with E-state index in [9.17, 15) is 0 Å². The lowest BCUT2D eigenvalue weighted by molar-refractivity contribution is 0.122. The number of hydrogen-bond donors (Lipinski definition) is 1. The van der Waals surface area contributed by atoms with Crippen LogP contribution in [0, 0.1) is 0 Å². The number of nitrogens with two attached hydrogens (primary N) is 1. The maximum atomic E-state index is 5.64. The van der Waals surface area contributed by atoms with Crippen LogP contribution in [0.25, 0.3) is 5.65 Å². The van der Waals surface area contributed by atoms with Crippen molar-refractivity contribution in [1.29, 1.82) is 0 Å². The Morgan fingerprint density at radius 1 is 1.29 bits per heavy atom.